The highest BCUT2D eigenvalue weighted by atomic mass is 16.1. The van der Waals surface area contributed by atoms with E-state index in [0.29, 0.717) is 6.04 Å². The van der Waals surface area contributed by atoms with Gasteiger partial charge in [0, 0.05) is 12.6 Å². The summed E-state index contributed by atoms with van der Waals surface area (Å²) in [5.74, 6) is -0.453. The second-order valence-corrected chi connectivity index (χ2v) is 8.03. The number of hydrogen-bond donors (Lipinski definition) is 1. The van der Waals surface area contributed by atoms with Crippen LogP contribution in [-0.4, -0.2) is 44.7 Å². The third-order valence-corrected chi connectivity index (χ3v) is 6.23. The maximum absolute atomic E-state index is 11.3. The van der Waals surface area contributed by atoms with Crippen molar-refractivity contribution in [2.45, 2.75) is 56.5 Å². The lowest BCUT2D eigenvalue weighted by atomic mass is 9.81. The number of amides is 1. The molecule has 0 bridgehead atoms. The van der Waals surface area contributed by atoms with Gasteiger partial charge in [0.05, 0.1) is 6.04 Å². The molecular weight excluding hydrogens is 326 g/mol. The van der Waals surface area contributed by atoms with Gasteiger partial charge in [0.2, 0.25) is 5.82 Å². The fraction of sp³-hybridized carbons (Fsp3) is 0.550. The second kappa shape index (κ2) is 6.83. The largest absolute Gasteiger partial charge is 0.363 e. The van der Waals surface area contributed by atoms with Crippen molar-refractivity contribution in [3.05, 3.63) is 48.0 Å². The van der Waals surface area contributed by atoms with Crippen molar-refractivity contribution >= 4 is 5.91 Å². The Bertz CT molecular complexity index is 774. The Morgan fingerprint density at radius 2 is 2.04 bits per heavy atom. The summed E-state index contributed by atoms with van der Waals surface area (Å²) < 4.78 is 1.83. The normalized spacial score (nSPS) is 29.7. The van der Waals surface area contributed by atoms with E-state index in [4.69, 9.17) is 5.73 Å². The number of nitrogens with zero attached hydrogens (tertiary/aromatic N) is 4. The molecule has 2 heterocycles. The van der Waals surface area contributed by atoms with Crippen molar-refractivity contribution in [2.24, 2.45) is 5.73 Å². The van der Waals surface area contributed by atoms with E-state index >= 15 is 0 Å². The van der Waals surface area contributed by atoms with Gasteiger partial charge < -0.3 is 5.73 Å². The van der Waals surface area contributed by atoms with E-state index in [9.17, 15) is 4.79 Å². The average molecular weight is 353 g/mol. The third-order valence-electron chi connectivity index (χ3n) is 6.23. The Morgan fingerprint density at radius 3 is 2.77 bits per heavy atom. The van der Waals surface area contributed by atoms with E-state index in [1.165, 1.54) is 24.8 Å². The molecule has 1 saturated carbocycles. The van der Waals surface area contributed by atoms with Crippen molar-refractivity contribution < 1.29 is 4.79 Å². The van der Waals surface area contributed by atoms with E-state index < -0.39 is 5.91 Å². The summed E-state index contributed by atoms with van der Waals surface area (Å²) in [6.45, 7) is 4.51. The van der Waals surface area contributed by atoms with Gasteiger partial charge in [-0.05, 0) is 49.6 Å². The first-order valence-corrected chi connectivity index (χ1v) is 9.56. The monoisotopic (exact) mass is 353 g/mol. The molecule has 138 valence electrons. The topological polar surface area (TPSA) is 77.0 Å². The van der Waals surface area contributed by atoms with E-state index in [-0.39, 0.29) is 17.3 Å². The van der Waals surface area contributed by atoms with E-state index in [1.54, 1.807) is 6.33 Å². The van der Waals surface area contributed by atoms with Gasteiger partial charge in [-0.2, -0.15) is 0 Å². The molecule has 1 aliphatic carbocycles. The first kappa shape index (κ1) is 17.2. The number of hydrogen-bond acceptors (Lipinski definition) is 4. The molecular formula is C20H27N5O. The Morgan fingerprint density at radius 1 is 1.23 bits per heavy atom. The molecule has 1 aliphatic heterocycles. The van der Waals surface area contributed by atoms with Gasteiger partial charge in [-0.15, -0.1) is 5.10 Å². The summed E-state index contributed by atoms with van der Waals surface area (Å²) in [4.78, 5) is 17.9. The molecule has 1 saturated heterocycles. The molecule has 3 unspecified atom stereocenters. The third kappa shape index (κ3) is 3.26. The lowest BCUT2D eigenvalue weighted by molar-refractivity contribution is 0.0986. The van der Waals surface area contributed by atoms with Crippen LogP contribution in [0.15, 0.2) is 36.7 Å². The van der Waals surface area contributed by atoms with Crippen LogP contribution in [0.1, 0.15) is 61.3 Å². The Labute approximate surface area is 154 Å². The molecule has 6 nitrogen and oxygen atoms in total. The second-order valence-electron chi connectivity index (χ2n) is 8.03. The zero-order valence-corrected chi connectivity index (χ0v) is 15.3. The number of carbonyl (C=O) groups excluding carboxylic acids is 1. The van der Waals surface area contributed by atoms with Gasteiger partial charge in [-0.1, -0.05) is 37.3 Å². The van der Waals surface area contributed by atoms with Gasteiger partial charge in [0.25, 0.3) is 5.91 Å². The summed E-state index contributed by atoms with van der Waals surface area (Å²) in [6, 6.07) is 11.8. The fourth-order valence-electron chi connectivity index (χ4n) is 4.72. The van der Waals surface area contributed by atoms with E-state index in [0.717, 1.165) is 25.9 Å². The maximum Gasteiger partial charge on any atom is 0.288 e. The molecule has 4 rings (SSSR count). The molecule has 0 spiro atoms. The van der Waals surface area contributed by atoms with Crippen molar-refractivity contribution in [3.8, 4) is 0 Å². The molecule has 1 aromatic heterocycles. The first-order valence-electron chi connectivity index (χ1n) is 9.56. The minimum Gasteiger partial charge on any atom is -0.363 e. The number of likely N-dealkylation sites (tertiary alicyclic amines) is 1. The minimum absolute atomic E-state index is 0.111. The SMILES string of the molecule is CC1(c2ccccc2)CCC(N2CCCC(n3cnc(C(N)=O)n3)C2)C1. The molecule has 2 fully saturated rings. The van der Waals surface area contributed by atoms with Crippen LogP contribution in [0.4, 0.5) is 0 Å². The molecule has 2 aliphatic rings. The van der Waals surface area contributed by atoms with Crippen LogP contribution in [0.2, 0.25) is 0 Å². The van der Waals surface area contributed by atoms with E-state index in [2.05, 4.69) is 52.2 Å². The highest BCUT2D eigenvalue weighted by Crippen LogP contribution is 2.43. The molecule has 6 heteroatoms. The van der Waals surface area contributed by atoms with Crippen LogP contribution in [0.5, 0.6) is 0 Å². The van der Waals surface area contributed by atoms with Gasteiger partial charge in [-0.25, -0.2) is 9.67 Å². The van der Waals surface area contributed by atoms with Gasteiger partial charge in [0.1, 0.15) is 6.33 Å². The first-order chi connectivity index (χ1) is 12.5. The smallest absolute Gasteiger partial charge is 0.288 e. The summed E-state index contributed by atoms with van der Waals surface area (Å²) in [5.41, 5.74) is 7.01. The zero-order valence-electron chi connectivity index (χ0n) is 15.3. The van der Waals surface area contributed by atoms with Crippen LogP contribution in [0.25, 0.3) is 0 Å². The molecule has 2 N–H and O–H groups in total. The number of benzene rings is 1. The summed E-state index contributed by atoms with van der Waals surface area (Å²) in [5, 5.41) is 4.28. The van der Waals surface area contributed by atoms with Crippen LogP contribution in [0.3, 0.4) is 0 Å². The lowest BCUT2D eigenvalue weighted by Crippen LogP contribution is -2.43. The number of primary amides is 1. The Hall–Kier alpha value is -2.21. The molecule has 0 radical (unpaired) electrons. The number of nitrogens with two attached hydrogens (primary N) is 1. The standard InChI is InChI=1S/C20H27N5O/c1-20(15-6-3-2-4-7-15)10-9-16(12-20)24-11-5-8-17(13-24)25-14-22-19(23-25)18(21)26/h2-4,6-7,14,16-17H,5,8-13H2,1H3,(H2,21,26). The lowest BCUT2D eigenvalue weighted by Gasteiger charge is -2.37. The van der Waals surface area contributed by atoms with Crippen molar-refractivity contribution in [1.82, 2.24) is 19.7 Å². The van der Waals surface area contributed by atoms with Crippen molar-refractivity contribution in [1.29, 1.82) is 0 Å². The number of aromatic nitrogens is 3. The predicted molar refractivity (Wildman–Crippen MR) is 99.8 cm³/mol. The Balaban J connectivity index is 1.44. The average Bonchev–Trinajstić information content (AvgIpc) is 3.31. The quantitative estimate of drug-likeness (QED) is 0.916. The fourth-order valence-corrected chi connectivity index (χ4v) is 4.72. The van der Waals surface area contributed by atoms with Crippen molar-refractivity contribution in [3.63, 3.8) is 0 Å². The highest BCUT2D eigenvalue weighted by Gasteiger charge is 2.40. The molecule has 3 atom stereocenters. The molecule has 2 aromatic rings. The Kier molecular flexibility index (Phi) is 4.53. The summed E-state index contributed by atoms with van der Waals surface area (Å²) in [7, 11) is 0. The van der Waals surface area contributed by atoms with Gasteiger partial charge >= 0.3 is 0 Å². The van der Waals surface area contributed by atoms with Gasteiger partial charge in [-0.3, -0.25) is 9.69 Å². The number of piperidine rings is 1. The van der Waals surface area contributed by atoms with Crippen molar-refractivity contribution in [2.75, 3.05) is 13.1 Å². The molecule has 1 amide bonds. The van der Waals surface area contributed by atoms with Crippen LogP contribution in [0, 0.1) is 0 Å². The van der Waals surface area contributed by atoms with E-state index in [1.807, 2.05) is 4.68 Å². The zero-order chi connectivity index (χ0) is 18.1. The van der Waals surface area contributed by atoms with Gasteiger partial charge in [0.15, 0.2) is 0 Å². The van der Waals surface area contributed by atoms with Crippen LogP contribution < -0.4 is 5.73 Å². The molecule has 26 heavy (non-hydrogen) atoms. The predicted octanol–water partition coefficient (Wildman–Crippen LogP) is 2.52. The summed E-state index contributed by atoms with van der Waals surface area (Å²) in [6.07, 6.45) is 7.54. The number of rotatable bonds is 4. The van der Waals surface area contributed by atoms with Crippen LogP contribution >= 0.6 is 0 Å². The molecule has 1 aromatic carbocycles. The maximum atomic E-state index is 11.3. The summed E-state index contributed by atoms with van der Waals surface area (Å²) >= 11 is 0. The number of carbonyl (C=O) groups is 1. The van der Waals surface area contributed by atoms with Crippen LogP contribution in [-0.2, 0) is 5.41 Å². The minimum atomic E-state index is -0.564. The highest BCUT2D eigenvalue weighted by molar-refractivity contribution is 5.88.